The van der Waals surface area contributed by atoms with Crippen molar-refractivity contribution in [3.63, 3.8) is 0 Å². The number of imide groups is 1. The second-order valence-corrected chi connectivity index (χ2v) is 7.38. The number of rotatable bonds is 8. The number of benzene rings is 2. The monoisotopic (exact) mass is 381 g/mol. The fourth-order valence-electron chi connectivity index (χ4n) is 4.11. The summed E-state index contributed by atoms with van der Waals surface area (Å²) in [5.74, 6) is -0.436. The Balaban J connectivity index is 1.65. The fourth-order valence-corrected chi connectivity index (χ4v) is 4.11. The van der Waals surface area contributed by atoms with Gasteiger partial charge in [0, 0.05) is 79.9 Å². The molecule has 1 fully saturated rings. The number of carbonyl (C=O) groups is 2. The summed E-state index contributed by atoms with van der Waals surface area (Å²) in [6, 6.07) is 9.63. The SMILES string of the molecule is NCCN(CCN)CCN1C(=O)c2cccc3c(N4CCC4)ccc(c23)C1=O. The molecule has 2 amide bonds. The second kappa shape index (κ2) is 7.87. The summed E-state index contributed by atoms with van der Waals surface area (Å²) in [6.07, 6.45) is 1.18. The summed E-state index contributed by atoms with van der Waals surface area (Å²) in [4.78, 5) is 32.0. The van der Waals surface area contributed by atoms with Crippen LogP contribution < -0.4 is 16.4 Å². The van der Waals surface area contributed by atoms with Crippen molar-refractivity contribution < 1.29 is 9.59 Å². The van der Waals surface area contributed by atoms with Gasteiger partial charge in [-0.1, -0.05) is 12.1 Å². The minimum absolute atomic E-state index is 0.218. The van der Waals surface area contributed by atoms with Crippen molar-refractivity contribution in [1.82, 2.24) is 9.80 Å². The molecule has 2 heterocycles. The summed E-state index contributed by atoms with van der Waals surface area (Å²) in [6.45, 7) is 5.37. The van der Waals surface area contributed by atoms with Gasteiger partial charge in [0.05, 0.1) is 0 Å². The van der Waals surface area contributed by atoms with E-state index in [1.807, 2.05) is 30.3 Å². The molecule has 7 nitrogen and oxygen atoms in total. The van der Waals surface area contributed by atoms with Crippen LogP contribution in [0.2, 0.25) is 0 Å². The molecule has 7 heteroatoms. The lowest BCUT2D eigenvalue weighted by Crippen LogP contribution is -2.46. The Morgan fingerprint density at radius 1 is 0.893 bits per heavy atom. The Labute approximate surface area is 164 Å². The average Bonchev–Trinajstić information content (AvgIpc) is 2.65. The Morgan fingerprint density at radius 3 is 2.18 bits per heavy atom. The number of amides is 2. The van der Waals surface area contributed by atoms with Crippen molar-refractivity contribution in [2.75, 3.05) is 57.3 Å². The standard InChI is InChI=1S/C21H27N5O2/c22-7-11-24(12-8-23)13-14-26-20(27)16-4-1-3-15-18(25-9-2-10-25)6-5-17(19(15)16)21(26)28/h1,3-6H,2,7-14,22-23H2. The van der Waals surface area contributed by atoms with Gasteiger partial charge in [-0.2, -0.15) is 0 Å². The molecule has 2 aliphatic heterocycles. The molecular weight excluding hydrogens is 354 g/mol. The Hall–Kier alpha value is -2.48. The lowest BCUT2D eigenvalue weighted by molar-refractivity contribution is 0.0594. The summed E-state index contributed by atoms with van der Waals surface area (Å²) in [5.41, 5.74) is 13.6. The molecule has 0 aromatic heterocycles. The van der Waals surface area contributed by atoms with Crippen LogP contribution in [0.15, 0.2) is 30.3 Å². The number of nitrogens with zero attached hydrogens (tertiary/aromatic N) is 3. The van der Waals surface area contributed by atoms with Gasteiger partial charge >= 0.3 is 0 Å². The molecule has 2 aromatic carbocycles. The van der Waals surface area contributed by atoms with Crippen molar-refractivity contribution in [3.05, 3.63) is 41.5 Å². The van der Waals surface area contributed by atoms with E-state index >= 15 is 0 Å². The van der Waals surface area contributed by atoms with E-state index < -0.39 is 0 Å². The maximum absolute atomic E-state index is 13.1. The summed E-state index contributed by atoms with van der Waals surface area (Å²) >= 11 is 0. The van der Waals surface area contributed by atoms with E-state index in [2.05, 4.69) is 9.80 Å². The van der Waals surface area contributed by atoms with Crippen molar-refractivity contribution >= 4 is 28.3 Å². The Morgan fingerprint density at radius 2 is 1.57 bits per heavy atom. The molecule has 148 valence electrons. The van der Waals surface area contributed by atoms with E-state index in [1.54, 1.807) is 0 Å². The minimum atomic E-state index is -0.218. The first kappa shape index (κ1) is 18.9. The van der Waals surface area contributed by atoms with Gasteiger partial charge in [-0.05, 0) is 24.6 Å². The highest BCUT2D eigenvalue weighted by Gasteiger charge is 2.34. The van der Waals surface area contributed by atoms with Gasteiger partial charge in [0.15, 0.2) is 0 Å². The molecule has 2 aliphatic rings. The summed E-state index contributed by atoms with van der Waals surface area (Å²) < 4.78 is 0. The molecule has 1 saturated heterocycles. The van der Waals surface area contributed by atoms with Crippen LogP contribution >= 0.6 is 0 Å². The largest absolute Gasteiger partial charge is 0.371 e. The van der Waals surface area contributed by atoms with Gasteiger partial charge in [-0.3, -0.25) is 19.4 Å². The molecular formula is C21H27N5O2. The molecule has 0 unspecified atom stereocenters. The van der Waals surface area contributed by atoms with Crippen LogP contribution in [0.1, 0.15) is 27.1 Å². The topological polar surface area (TPSA) is 95.9 Å². The van der Waals surface area contributed by atoms with Gasteiger partial charge in [0.2, 0.25) is 0 Å². The average molecular weight is 381 g/mol. The third-order valence-corrected chi connectivity index (χ3v) is 5.70. The molecule has 4 rings (SSSR count). The van der Waals surface area contributed by atoms with Gasteiger partial charge in [0.25, 0.3) is 11.8 Å². The van der Waals surface area contributed by atoms with Gasteiger partial charge < -0.3 is 16.4 Å². The highest BCUT2D eigenvalue weighted by atomic mass is 16.2. The Bertz CT molecular complexity index is 881. The lowest BCUT2D eigenvalue weighted by Gasteiger charge is -2.35. The van der Waals surface area contributed by atoms with Crippen molar-refractivity contribution in [2.24, 2.45) is 11.5 Å². The summed E-state index contributed by atoms with van der Waals surface area (Å²) in [7, 11) is 0. The van der Waals surface area contributed by atoms with Crippen LogP contribution in [-0.4, -0.2) is 74.0 Å². The maximum atomic E-state index is 13.1. The van der Waals surface area contributed by atoms with Gasteiger partial charge in [-0.15, -0.1) is 0 Å². The first-order valence-corrected chi connectivity index (χ1v) is 9.95. The molecule has 0 saturated carbocycles. The van der Waals surface area contributed by atoms with Gasteiger partial charge in [0.1, 0.15) is 0 Å². The first-order valence-electron chi connectivity index (χ1n) is 9.95. The van der Waals surface area contributed by atoms with Crippen molar-refractivity contribution in [2.45, 2.75) is 6.42 Å². The molecule has 28 heavy (non-hydrogen) atoms. The minimum Gasteiger partial charge on any atom is -0.371 e. The van der Waals surface area contributed by atoms with Crippen LogP contribution in [-0.2, 0) is 0 Å². The zero-order valence-corrected chi connectivity index (χ0v) is 16.1. The molecule has 4 N–H and O–H groups in total. The Kier molecular flexibility index (Phi) is 5.30. The molecule has 0 bridgehead atoms. The number of carbonyl (C=O) groups excluding carboxylic acids is 2. The predicted molar refractivity (Wildman–Crippen MR) is 111 cm³/mol. The van der Waals surface area contributed by atoms with E-state index in [0.717, 1.165) is 29.5 Å². The van der Waals surface area contributed by atoms with Crippen LogP contribution in [0, 0.1) is 0 Å². The third-order valence-electron chi connectivity index (χ3n) is 5.70. The predicted octanol–water partition coefficient (Wildman–Crippen LogP) is 0.865. The molecule has 0 atom stereocenters. The van der Waals surface area contributed by atoms with Crippen molar-refractivity contribution in [1.29, 1.82) is 0 Å². The quantitative estimate of drug-likeness (QED) is 0.659. The number of hydrogen-bond acceptors (Lipinski definition) is 6. The zero-order valence-electron chi connectivity index (χ0n) is 16.1. The third kappa shape index (κ3) is 3.15. The molecule has 2 aromatic rings. The fraction of sp³-hybridized carbons (Fsp3) is 0.429. The highest BCUT2D eigenvalue weighted by molar-refractivity contribution is 6.26. The van der Waals surface area contributed by atoms with E-state index in [1.165, 1.54) is 11.3 Å². The highest BCUT2D eigenvalue weighted by Crippen LogP contribution is 2.37. The van der Waals surface area contributed by atoms with Crippen LogP contribution in [0.25, 0.3) is 10.8 Å². The van der Waals surface area contributed by atoms with E-state index in [4.69, 9.17) is 11.5 Å². The molecule has 0 spiro atoms. The zero-order chi connectivity index (χ0) is 19.7. The van der Waals surface area contributed by atoms with Crippen LogP contribution in [0.5, 0.6) is 0 Å². The smallest absolute Gasteiger partial charge is 0.261 e. The normalized spacial score (nSPS) is 16.2. The van der Waals surface area contributed by atoms with Gasteiger partial charge in [-0.25, -0.2) is 0 Å². The summed E-state index contributed by atoms with van der Waals surface area (Å²) in [5, 5.41) is 1.78. The maximum Gasteiger partial charge on any atom is 0.261 e. The first-order chi connectivity index (χ1) is 13.7. The lowest BCUT2D eigenvalue weighted by atomic mass is 9.92. The van der Waals surface area contributed by atoms with Crippen molar-refractivity contribution in [3.8, 4) is 0 Å². The van der Waals surface area contributed by atoms with E-state index in [9.17, 15) is 9.59 Å². The number of nitrogens with two attached hydrogens (primary N) is 2. The second-order valence-electron chi connectivity index (χ2n) is 7.38. The van der Waals surface area contributed by atoms with Crippen LogP contribution in [0.3, 0.4) is 0 Å². The van der Waals surface area contributed by atoms with Crippen LogP contribution in [0.4, 0.5) is 5.69 Å². The molecule has 0 aliphatic carbocycles. The number of anilines is 1. The number of hydrogen-bond donors (Lipinski definition) is 2. The van der Waals surface area contributed by atoms with E-state index in [-0.39, 0.29) is 11.8 Å². The molecule has 0 radical (unpaired) electrons. The van der Waals surface area contributed by atoms with E-state index in [0.29, 0.717) is 50.4 Å².